The molecule has 144 valence electrons. The summed E-state index contributed by atoms with van der Waals surface area (Å²) in [6.07, 6.45) is 5.27. The Bertz CT molecular complexity index is 623. The Kier molecular flexibility index (Phi) is 8.11. The molecule has 6 nitrogen and oxygen atoms in total. The standard InChI is InChI=1S/C20H33N5O/c1-16-8-14-24(15-9-16)12-5-11-22-20(26)7-6-19-17(2)23-25(18(19)3)13-4-10-21/h16H,4-9,11-15H2,1-3H3,(H,22,26). The highest BCUT2D eigenvalue weighted by atomic mass is 16.1. The van der Waals surface area contributed by atoms with Crippen LogP contribution in [-0.4, -0.2) is 46.8 Å². The maximum atomic E-state index is 12.1. The Morgan fingerprint density at radius 2 is 2.04 bits per heavy atom. The first-order valence-electron chi connectivity index (χ1n) is 9.90. The lowest BCUT2D eigenvalue weighted by molar-refractivity contribution is -0.121. The monoisotopic (exact) mass is 359 g/mol. The molecule has 1 aromatic heterocycles. The minimum atomic E-state index is 0.112. The number of nitrogens with one attached hydrogen (secondary N) is 1. The minimum absolute atomic E-state index is 0.112. The van der Waals surface area contributed by atoms with Crippen molar-refractivity contribution in [1.29, 1.82) is 5.26 Å². The second kappa shape index (κ2) is 10.3. The van der Waals surface area contributed by atoms with E-state index in [4.69, 9.17) is 5.26 Å². The molecule has 6 heteroatoms. The summed E-state index contributed by atoms with van der Waals surface area (Å²) in [6, 6.07) is 2.15. The number of aryl methyl sites for hydroxylation is 2. The summed E-state index contributed by atoms with van der Waals surface area (Å²) >= 11 is 0. The van der Waals surface area contributed by atoms with Crippen molar-refractivity contribution in [2.75, 3.05) is 26.2 Å². The van der Waals surface area contributed by atoms with Gasteiger partial charge in [-0.25, -0.2) is 0 Å². The first kappa shape index (κ1) is 20.4. The molecule has 1 aliphatic heterocycles. The van der Waals surface area contributed by atoms with Gasteiger partial charge in [-0.2, -0.15) is 10.4 Å². The van der Waals surface area contributed by atoms with Crippen molar-refractivity contribution >= 4 is 5.91 Å². The lowest BCUT2D eigenvalue weighted by Crippen LogP contribution is -2.35. The van der Waals surface area contributed by atoms with Gasteiger partial charge in [0.2, 0.25) is 5.91 Å². The normalized spacial score (nSPS) is 15.8. The Morgan fingerprint density at radius 3 is 2.73 bits per heavy atom. The Labute approximate surface area is 157 Å². The summed E-state index contributed by atoms with van der Waals surface area (Å²) in [5, 5.41) is 16.3. The third-order valence-electron chi connectivity index (χ3n) is 5.42. The van der Waals surface area contributed by atoms with Crippen LogP contribution in [0.3, 0.4) is 0 Å². The van der Waals surface area contributed by atoms with E-state index in [2.05, 4.69) is 28.3 Å². The number of hydrogen-bond donors (Lipinski definition) is 1. The maximum Gasteiger partial charge on any atom is 0.220 e. The zero-order valence-electron chi connectivity index (χ0n) is 16.6. The van der Waals surface area contributed by atoms with Gasteiger partial charge in [0.25, 0.3) is 0 Å². The molecule has 0 saturated carbocycles. The summed E-state index contributed by atoms with van der Waals surface area (Å²) in [4.78, 5) is 14.6. The van der Waals surface area contributed by atoms with Crippen molar-refractivity contribution < 1.29 is 4.79 Å². The fourth-order valence-electron chi connectivity index (χ4n) is 3.61. The van der Waals surface area contributed by atoms with Crippen LogP contribution in [0.15, 0.2) is 0 Å². The van der Waals surface area contributed by atoms with Gasteiger partial charge in [0, 0.05) is 18.7 Å². The van der Waals surface area contributed by atoms with E-state index < -0.39 is 0 Å². The van der Waals surface area contributed by atoms with Gasteiger partial charge in [-0.15, -0.1) is 0 Å². The van der Waals surface area contributed by atoms with E-state index in [1.54, 1.807) is 0 Å². The van der Waals surface area contributed by atoms with Crippen LogP contribution in [0.5, 0.6) is 0 Å². The van der Waals surface area contributed by atoms with E-state index in [-0.39, 0.29) is 5.91 Å². The van der Waals surface area contributed by atoms with Gasteiger partial charge >= 0.3 is 0 Å². The topological polar surface area (TPSA) is 73.9 Å². The van der Waals surface area contributed by atoms with Gasteiger partial charge in [0.1, 0.15) is 0 Å². The molecule has 0 atom stereocenters. The fraction of sp³-hybridized carbons (Fsp3) is 0.750. The smallest absolute Gasteiger partial charge is 0.220 e. The Hall–Kier alpha value is -1.87. The fourth-order valence-corrected chi connectivity index (χ4v) is 3.61. The molecule has 0 aromatic carbocycles. The molecule has 2 rings (SSSR count). The van der Waals surface area contributed by atoms with Gasteiger partial charge < -0.3 is 10.2 Å². The van der Waals surface area contributed by atoms with Crippen LogP contribution < -0.4 is 5.32 Å². The molecule has 1 fully saturated rings. The largest absolute Gasteiger partial charge is 0.356 e. The van der Waals surface area contributed by atoms with Crippen LogP contribution in [0.2, 0.25) is 0 Å². The summed E-state index contributed by atoms with van der Waals surface area (Å²) in [7, 11) is 0. The van der Waals surface area contributed by atoms with Crippen LogP contribution >= 0.6 is 0 Å². The lowest BCUT2D eigenvalue weighted by Gasteiger charge is -2.30. The lowest BCUT2D eigenvalue weighted by atomic mass is 9.99. The van der Waals surface area contributed by atoms with E-state index in [0.717, 1.165) is 42.4 Å². The van der Waals surface area contributed by atoms with E-state index in [9.17, 15) is 4.79 Å². The quantitative estimate of drug-likeness (QED) is 0.688. The number of amides is 1. The number of carbonyl (C=O) groups excluding carboxylic acids is 1. The highest BCUT2D eigenvalue weighted by Gasteiger charge is 2.15. The number of nitrogens with zero attached hydrogens (tertiary/aromatic N) is 4. The van der Waals surface area contributed by atoms with Gasteiger partial charge in [0.05, 0.1) is 24.7 Å². The summed E-state index contributed by atoms with van der Waals surface area (Å²) < 4.78 is 1.88. The third-order valence-corrected chi connectivity index (χ3v) is 5.42. The second-order valence-corrected chi connectivity index (χ2v) is 7.51. The number of aromatic nitrogens is 2. The molecular formula is C20H33N5O. The van der Waals surface area contributed by atoms with Crippen LogP contribution in [0.4, 0.5) is 0 Å². The molecule has 1 amide bonds. The highest BCUT2D eigenvalue weighted by Crippen LogP contribution is 2.16. The maximum absolute atomic E-state index is 12.1. The Balaban J connectivity index is 1.66. The number of nitriles is 1. The number of hydrogen-bond acceptors (Lipinski definition) is 4. The zero-order valence-corrected chi connectivity index (χ0v) is 16.6. The van der Waals surface area contributed by atoms with Gasteiger partial charge in [-0.3, -0.25) is 9.48 Å². The number of rotatable bonds is 9. The summed E-state index contributed by atoms with van der Waals surface area (Å²) in [6.45, 7) is 11.2. The molecule has 1 aliphatic rings. The predicted molar refractivity (Wildman–Crippen MR) is 103 cm³/mol. The first-order valence-corrected chi connectivity index (χ1v) is 9.90. The molecule has 0 aliphatic carbocycles. The molecule has 0 spiro atoms. The molecular weight excluding hydrogens is 326 g/mol. The van der Waals surface area contributed by atoms with E-state index in [1.807, 2.05) is 18.5 Å². The van der Waals surface area contributed by atoms with Crippen LogP contribution in [0.1, 0.15) is 56.0 Å². The average molecular weight is 360 g/mol. The number of piperidine rings is 1. The second-order valence-electron chi connectivity index (χ2n) is 7.51. The molecule has 1 aromatic rings. The molecule has 26 heavy (non-hydrogen) atoms. The van der Waals surface area contributed by atoms with Crippen molar-refractivity contribution in [3.63, 3.8) is 0 Å². The SMILES string of the molecule is Cc1nn(CCC#N)c(C)c1CCC(=O)NCCCN1CCC(C)CC1. The average Bonchev–Trinajstić information content (AvgIpc) is 2.90. The molecule has 0 unspecified atom stereocenters. The molecule has 1 saturated heterocycles. The van der Waals surface area contributed by atoms with Crippen LogP contribution in [-0.2, 0) is 17.8 Å². The van der Waals surface area contributed by atoms with E-state index in [1.165, 1.54) is 25.9 Å². The van der Waals surface area contributed by atoms with Crippen molar-refractivity contribution in [3.05, 3.63) is 17.0 Å². The third kappa shape index (κ3) is 6.14. The predicted octanol–water partition coefficient (Wildman–Crippen LogP) is 2.58. The van der Waals surface area contributed by atoms with Crippen molar-refractivity contribution in [2.24, 2.45) is 5.92 Å². The van der Waals surface area contributed by atoms with Crippen molar-refractivity contribution in [1.82, 2.24) is 20.0 Å². The van der Waals surface area contributed by atoms with Crippen molar-refractivity contribution in [3.8, 4) is 6.07 Å². The number of likely N-dealkylation sites (tertiary alicyclic amines) is 1. The summed E-state index contributed by atoms with van der Waals surface area (Å²) in [5.41, 5.74) is 3.18. The molecule has 2 heterocycles. The zero-order chi connectivity index (χ0) is 18.9. The highest BCUT2D eigenvalue weighted by molar-refractivity contribution is 5.76. The molecule has 0 radical (unpaired) electrons. The van der Waals surface area contributed by atoms with Gasteiger partial charge in [-0.1, -0.05) is 6.92 Å². The molecule has 0 bridgehead atoms. The van der Waals surface area contributed by atoms with E-state index >= 15 is 0 Å². The van der Waals surface area contributed by atoms with Gasteiger partial charge in [0.15, 0.2) is 0 Å². The van der Waals surface area contributed by atoms with Gasteiger partial charge in [-0.05, 0) is 70.6 Å². The molecule has 1 N–H and O–H groups in total. The van der Waals surface area contributed by atoms with Crippen molar-refractivity contribution in [2.45, 2.75) is 65.8 Å². The number of carbonyl (C=O) groups is 1. The summed E-state index contributed by atoms with van der Waals surface area (Å²) in [5.74, 6) is 0.975. The minimum Gasteiger partial charge on any atom is -0.356 e. The Morgan fingerprint density at radius 1 is 1.31 bits per heavy atom. The van der Waals surface area contributed by atoms with Crippen LogP contribution in [0.25, 0.3) is 0 Å². The first-order chi connectivity index (χ1) is 12.5. The van der Waals surface area contributed by atoms with Crippen LogP contribution in [0, 0.1) is 31.1 Å². The van der Waals surface area contributed by atoms with E-state index in [0.29, 0.717) is 25.8 Å².